The lowest BCUT2D eigenvalue weighted by Gasteiger charge is -2.43. The van der Waals surface area contributed by atoms with Crippen LogP contribution in [0.25, 0.3) is 0 Å². The van der Waals surface area contributed by atoms with E-state index in [0.29, 0.717) is 6.42 Å². The number of hydrogen-bond donors (Lipinski definition) is 0. The van der Waals surface area contributed by atoms with Crippen molar-refractivity contribution in [1.82, 2.24) is 0 Å². The second-order valence-electron chi connectivity index (χ2n) is 8.95. The van der Waals surface area contributed by atoms with Crippen LogP contribution in [0.5, 0.6) is 0 Å². The molecule has 1 aliphatic heterocycles. The normalized spacial score (nSPS) is 16.9. The summed E-state index contributed by atoms with van der Waals surface area (Å²) in [5, 5.41) is 2.66. The van der Waals surface area contributed by atoms with E-state index in [-0.39, 0.29) is 9.12 Å². The van der Waals surface area contributed by atoms with E-state index in [0.717, 1.165) is 37.2 Å². The highest BCUT2D eigenvalue weighted by Gasteiger charge is 2.50. The fourth-order valence-corrected chi connectivity index (χ4v) is 12.3. The summed E-state index contributed by atoms with van der Waals surface area (Å²) in [4.78, 5) is 11.3. The summed E-state index contributed by atoms with van der Waals surface area (Å²) in [6, 6.07) is 21.6. The molecule has 2 nitrogen and oxygen atoms in total. The van der Waals surface area contributed by atoms with Crippen LogP contribution in [0.2, 0.25) is 5.04 Å². The van der Waals surface area contributed by atoms with Gasteiger partial charge in [0.05, 0.1) is 4.08 Å². The standard InChI is InChI=1S/C25H34O2S2Si/c1-24(2,3)30(22-12-6-4-7-13-22,23-14-8-5-9-15-23)27-19-10-16-25(17-18-26)28-20-11-21-29-25/h4-9,12-15,18H,10-11,16-17,19-21H2,1-3H3. The molecular formula is C25H34O2S2Si. The summed E-state index contributed by atoms with van der Waals surface area (Å²) in [5.74, 6) is 2.33. The van der Waals surface area contributed by atoms with Gasteiger partial charge in [-0.1, -0.05) is 81.4 Å². The van der Waals surface area contributed by atoms with Crippen molar-refractivity contribution < 1.29 is 9.22 Å². The lowest BCUT2D eigenvalue weighted by Crippen LogP contribution is -2.66. The maximum atomic E-state index is 11.3. The first-order valence-electron chi connectivity index (χ1n) is 10.9. The Bertz CT molecular complexity index is 744. The predicted molar refractivity (Wildman–Crippen MR) is 136 cm³/mol. The molecule has 0 aliphatic carbocycles. The zero-order valence-electron chi connectivity index (χ0n) is 18.4. The highest BCUT2D eigenvalue weighted by atomic mass is 32.2. The van der Waals surface area contributed by atoms with Crippen LogP contribution >= 0.6 is 23.5 Å². The van der Waals surface area contributed by atoms with E-state index >= 15 is 0 Å². The largest absolute Gasteiger partial charge is 0.407 e. The Morgan fingerprint density at radius 2 is 1.50 bits per heavy atom. The molecule has 3 rings (SSSR count). The van der Waals surface area contributed by atoms with Gasteiger partial charge in [0, 0.05) is 13.0 Å². The molecule has 0 saturated carbocycles. The molecule has 0 N–H and O–H groups in total. The van der Waals surface area contributed by atoms with Gasteiger partial charge < -0.3 is 9.22 Å². The Morgan fingerprint density at radius 1 is 0.967 bits per heavy atom. The van der Waals surface area contributed by atoms with Crippen molar-refractivity contribution in [3.8, 4) is 0 Å². The Balaban J connectivity index is 1.84. The van der Waals surface area contributed by atoms with E-state index in [9.17, 15) is 4.79 Å². The Kier molecular flexibility index (Phi) is 8.30. The van der Waals surface area contributed by atoms with Gasteiger partial charge in [-0.3, -0.25) is 0 Å². The molecule has 0 spiro atoms. The minimum atomic E-state index is -2.46. The van der Waals surface area contributed by atoms with Gasteiger partial charge >= 0.3 is 0 Å². The van der Waals surface area contributed by atoms with Gasteiger partial charge in [0.25, 0.3) is 8.32 Å². The number of hydrogen-bond acceptors (Lipinski definition) is 4. The molecule has 1 heterocycles. The van der Waals surface area contributed by atoms with Gasteiger partial charge in [-0.25, -0.2) is 0 Å². The maximum Gasteiger partial charge on any atom is 0.261 e. The van der Waals surface area contributed by atoms with Gasteiger partial charge in [0.2, 0.25) is 0 Å². The van der Waals surface area contributed by atoms with E-state index < -0.39 is 8.32 Å². The minimum Gasteiger partial charge on any atom is -0.407 e. The average molecular weight is 459 g/mol. The van der Waals surface area contributed by atoms with E-state index in [1.807, 2.05) is 23.5 Å². The summed E-state index contributed by atoms with van der Waals surface area (Å²) in [6.07, 6.45) is 5.00. The third-order valence-electron chi connectivity index (χ3n) is 5.85. The molecule has 0 radical (unpaired) electrons. The molecule has 0 atom stereocenters. The van der Waals surface area contributed by atoms with Gasteiger partial charge in [-0.2, -0.15) is 0 Å². The smallest absolute Gasteiger partial charge is 0.261 e. The first-order valence-corrected chi connectivity index (χ1v) is 14.8. The van der Waals surface area contributed by atoms with Crippen LogP contribution in [0.15, 0.2) is 60.7 Å². The lowest BCUT2D eigenvalue weighted by molar-refractivity contribution is -0.108. The fraction of sp³-hybridized carbons (Fsp3) is 0.480. The van der Waals surface area contributed by atoms with E-state index in [2.05, 4.69) is 81.4 Å². The molecule has 2 aromatic rings. The van der Waals surface area contributed by atoms with Crippen molar-refractivity contribution in [1.29, 1.82) is 0 Å². The summed E-state index contributed by atoms with van der Waals surface area (Å²) in [5.41, 5.74) is 0. The summed E-state index contributed by atoms with van der Waals surface area (Å²) < 4.78 is 7.06. The molecule has 1 fully saturated rings. The number of aldehydes is 1. The van der Waals surface area contributed by atoms with Crippen molar-refractivity contribution in [3.05, 3.63) is 60.7 Å². The third-order valence-corrected chi connectivity index (χ3v) is 14.4. The van der Waals surface area contributed by atoms with Crippen LogP contribution in [0.1, 0.15) is 46.5 Å². The maximum absolute atomic E-state index is 11.3. The van der Waals surface area contributed by atoms with Gasteiger partial charge in [0.1, 0.15) is 6.29 Å². The number of carbonyl (C=O) groups excluding carboxylic acids is 1. The van der Waals surface area contributed by atoms with Crippen LogP contribution in [-0.4, -0.2) is 36.8 Å². The molecule has 5 heteroatoms. The summed E-state index contributed by atoms with van der Waals surface area (Å²) in [7, 11) is -2.46. The van der Waals surface area contributed by atoms with Crippen molar-refractivity contribution in [3.63, 3.8) is 0 Å². The Hall–Kier alpha value is -1.01. The number of rotatable bonds is 9. The molecular weight excluding hydrogens is 424 g/mol. The van der Waals surface area contributed by atoms with Crippen molar-refractivity contribution in [2.75, 3.05) is 18.1 Å². The molecule has 2 aromatic carbocycles. The zero-order chi connectivity index (χ0) is 21.5. The van der Waals surface area contributed by atoms with Crippen LogP contribution in [0, 0.1) is 0 Å². The van der Waals surface area contributed by atoms with Crippen LogP contribution in [0.3, 0.4) is 0 Å². The van der Waals surface area contributed by atoms with Crippen LogP contribution in [0.4, 0.5) is 0 Å². The first kappa shape index (κ1) is 23.6. The number of thioether (sulfide) groups is 2. The number of benzene rings is 2. The predicted octanol–water partition coefficient (Wildman–Crippen LogP) is 5.50. The molecule has 0 unspecified atom stereocenters. The molecule has 0 aromatic heterocycles. The molecule has 1 aliphatic rings. The van der Waals surface area contributed by atoms with Crippen molar-refractivity contribution >= 4 is 48.5 Å². The van der Waals surface area contributed by atoms with E-state index in [4.69, 9.17) is 4.43 Å². The summed E-state index contributed by atoms with van der Waals surface area (Å²) >= 11 is 3.96. The van der Waals surface area contributed by atoms with Crippen molar-refractivity contribution in [2.45, 2.75) is 55.6 Å². The second-order valence-corrected chi connectivity index (χ2v) is 16.5. The molecule has 1 saturated heterocycles. The highest BCUT2D eigenvalue weighted by Crippen LogP contribution is 2.47. The average Bonchev–Trinajstić information content (AvgIpc) is 2.75. The number of carbonyl (C=O) groups is 1. The Labute approximate surface area is 191 Å². The zero-order valence-corrected chi connectivity index (χ0v) is 21.1. The lowest BCUT2D eigenvalue weighted by atomic mass is 10.2. The Morgan fingerprint density at radius 3 is 1.97 bits per heavy atom. The second kappa shape index (κ2) is 10.5. The van der Waals surface area contributed by atoms with Crippen molar-refractivity contribution in [2.24, 2.45) is 0 Å². The van der Waals surface area contributed by atoms with Gasteiger partial charge in [-0.05, 0) is 46.2 Å². The molecule has 30 heavy (non-hydrogen) atoms. The van der Waals surface area contributed by atoms with Crippen LogP contribution < -0.4 is 10.4 Å². The SMILES string of the molecule is CC(C)(C)[Si](OCCCC1(CC=O)SCCCS1)(c1ccccc1)c1ccccc1. The highest BCUT2D eigenvalue weighted by molar-refractivity contribution is 8.18. The summed E-state index contributed by atoms with van der Waals surface area (Å²) in [6.45, 7) is 7.69. The van der Waals surface area contributed by atoms with E-state index in [1.54, 1.807) is 0 Å². The van der Waals surface area contributed by atoms with Gasteiger partial charge in [0.15, 0.2) is 0 Å². The fourth-order valence-electron chi connectivity index (χ4n) is 4.44. The molecule has 0 bridgehead atoms. The third kappa shape index (κ3) is 5.24. The monoisotopic (exact) mass is 458 g/mol. The van der Waals surface area contributed by atoms with Crippen LogP contribution in [-0.2, 0) is 9.22 Å². The first-order chi connectivity index (χ1) is 14.4. The van der Waals surface area contributed by atoms with E-state index in [1.165, 1.54) is 16.8 Å². The molecule has 0 amide bonds. The minimum absolute atomic E-state index is 0.00449. The quantitative estimate of drug-likeness (QED) is 0.282. The molecule has 162 valence electrons. The van der Waals surface area contributed by atoms with Gasteiger partial charge in [-0.15, -0.1) is 23.5 Å². The topological polar surface area (TPSA) is 26.3 Å².